The van der Waals surface area contributed by atoms with Crippen molar-refractivity contribution >= 4 is 11.8 Å². The van der Waals surface area contributed by atoms with Crippen molar-refractivity contribution in [2.45, 2.75) is 38.8 Å². The molecule has 0 bridgehead atoms. The van der Waals surface area contributed by atoms with E-state index in [0.717, 1.165) is 58.3 Å². The van der Waals surface area contributed by atoms with Crippen LogP contribution in [-0.2, 0) is 23.9 Å². The Balaban J connectivity index is 1.29. The van der Waals surface area contributed by atoms with E-state index in [1.54, 1.807) is 10.9 Å². The number of hydrogen-bond donors (Lipinski definition) is 0. The van der Waals surface area contributed by atoms with E-state index in [1.807, 2.05) is 49.0 Å². The van der Waals surface area contributed by atoms with E-state index in [0.29, 0.717) is 30.4 Å². The molecule has 0 aliphatic carbocycles. The van der Waals surface area contributed by atoms with Gasteiger partial charge in [0.05, 0.1) is 6.61 Å². The Morgan fingerprint density at radius 2 is 1.30 bits per heavy atom. The minimum atomic E-state index is -0.866. The number of nitrogens with zero attached hydrogens (tertiary/aromatic N) is 7. The van der Waals surface area contributed by atoms with Crippen LogP contribution >= 0.6 is 0 Å². The number of unbranched alkanes of at least 4 members (excludes halogenated alkanes) is 1. The van der Waals surface area contributed by atoms with Crippen molar-refractivity contribution in [2.75, 3.05) is 18.1 Å². The molecule has 0 saturated carbocycles. The number of esters is 1. The minimum Gasteiger partial charge on any atom is -0.462 e. The van der Waals surface area contributed by atoms with Gasteiger partial charge in [0.1, 0.15) is 11.1 Å². The third-order valence-corrected chi connectivity index (χ3v) is 9.55. The van der Waals surface area contributed by atoms with Gasteiger partial charge >= 0.3 is 5.97 Å². The molecule has 0 unspecified atom stereocenters. The first-order valence-corrected chi connectivity index (χ1v) is 18.1. The zero-order valence-corrected chi connectivity index (χ0v) is 30.3. The van der Waals surface area contributed by atoms with Crippen molar-refractivity contribution in [2.24, 2.45) is 7.05 Å². The SMILES string of the molecule is CCCCN(Cc1ccc(-c2ccccc2-c2nnnn2C(c2ccccc2)(c2ccccc2)c2ccccc2)cc1)c1nn(C)cc1C(=O)OCC. The van der Waals surface area contributed by atoms with Gasteiger partial charge in [0.15, 0.2) is 11.6 Å². The molecular weight excluding hydrogens is 659 g/mol. The molecule has 53 heavy (non-hydrogen) atoms. The molecule has 0 aliphatic rings. The molecule has 0 saturated heterocycles. The average molecular weight is 702 g/mol. The Kier molecular flexibility index (Phi) is 10.5. The van der Waals surface area contributed by atoms with Crippen molar-refractivity contribution in [3.63, 3.8) is 0 Å². The third kappa shape index (κ3) is 6.98. The summed E-state index contributed by atoms with van der Waals surface area (Å²) >= 11 is 0. The highest BCUT2D eigenvalue weighted by atomic mass is 16.5. The Bertz CT molecular complexity index is 2150. The van der Waals surface area contributed by atoms with Gasteiger partial charge in [-0.2, -0.15) is 5.10 Å². The lowest BCUT2D eigenvalue weighted by Gasteiger charge is -2.36. The van der Waals surface area contributed by atoms with Crippen LogP contribution in [0.1, 0.15) is 59.3 Å². The predicted octanol–water partition coefficient (Wildman–Crippen LogP) is 8.56. The minimum absolute atomic E-state index is 0.309. The monoisotopic (exact) mass is 701 g/mol. The molecule has 7 rings (SSSR count). The summed E-state index contributed by atoms with van der Waals surface area (Å²) in [7, 11) is 1.83. The number of carbonyl (C=O) groups excluding carboxylic acids is 1. The Labute approximate surface area is 310 Å². The molecule has 0 N–H and O–H groups in total. The maximum absolute atomic E-state index is 12.9. The fourth-order valence-electron chi connectivity index (χ4n) is 7.10. The van der Waals surface area contributed by atoms with E-state index in [2.05, 4.69) is 131 Å². The number of tetrazole rings is 1. The highest BCUT2D eigenvalue weighted by Crippen LogP contribution is 2.43. The first kappa shape index (κ1) is 35.1. The summed E-state index contributed by atoms with van der Waals surface area (Å²) in [5.74, 6) is 0.926. The molecule has 266 valence electrons. The van der Waals surface area contributed by atoms with Crippen LogP contribution in [0.2, 0.25) is 0 Å². The Morgan fingerprint density at radius 3 is 1.87 bits per heavy atom. The van der Waals surface area contributed by atoms with Crippen LogP contribution in [-0.4, -0.2) is 49.1 Å². The van der Waals surface area contributed by atoms with Crippen LogP contribution in [0.25, 0.3) is 22.5 Å². The molecule has 0 fully saturated rings. The first-order chi connectivity index (χ1) is 26.0. The summed E-state index contributed by atoms with van der Waals surface area (Å²) in [6.45, 7) is 5.64. The van der Waals surface area contributed by atoms with Gasteiger partial charge in [0, 0.05) is 31.9 Å². The van der Waals surface area contributed by atoms with Crippen LogP contribution in [0, 0.1) is 0 Å². The van der Waals surface area contributed by atoms with Gasteiger partial charge in [-0.1, -0.05) is 153 Å². The van der Waals surface area contributed by atoms with E-state index in [9.17, 15) is 4.79 Å². The van der Waals surface area contributed by atoms with E-state index in [4.69, 9.17) is 15.0 Å². The number of aromatic nitrogens is 6. The van der Waals surface area contributed by atoms with Gasteiger partial charge < -0.3 is 9.64 Å². The predicted molar refractivity (Wildman–Crippen MR) is 208 cm³/mol. The van der Waals surface area contributed by atoms with Gasteiger partial charge in [-0.3, -0.25) is 4.68 Å². The van der Waals surface area contributed by atoms with Crippen molar-refractivity contribution in [1.29, 1.82) is 0 Å². The smallest absolute Gasteiger partial charge is 0.343 e. The van der Waals surface area contributed by atoms with E-state index in [-0.39, 0.29) is 5.97 Å². The second-order valence-corrected chi connectivity index (χ2v) is 13.0. The number of carbonyl (C=O) groups is 1. The lowest BCUT2D eigenvalue weighted by atomic mass is 9.77. The summed E-state index contributed by atoms with van der Waals surface area (Å²) in [6.07, 6.45) is 3.73. The molecule has 5 aromatic carbocycles. The molecule has 0 spiro atoms. The fourth-order valence-corrected chi connectivity index (χ4v) is 7.10. The van der Waals surface area contributed by atoms with Crippen molar-refractivity contribution in [3.05, 3.63) is 174 Å². The number of anilines is 1. The summed E-state index contributed by atoms with van der Waals surface area (Å²) < 4.78 is 9.01. The summed E-state index contributed by atoms with van der Waals surface area (Å²) in [6, 6.07) is 48.1. The third-order valence-electron chi connectivity index (χ3n) is 9.55. The van der Waals surface area contributed by atoms with Gasteiger partial charge in [0.25, 0.3) is 0 Å². The van der Waals surface area contributed by atoms with Gasteiger partial charge in [-0.05, 0) is 57.2 Å². The topological polar surface area (TPSA) is 91.0 Å². The van der Waals surface area contributed by atoms with Crippen molar-refractivity contribution in [3.8, 4) is 22.5 Å². The summed E-state index contributed by atoms with van der Waals surface area (Å²) in [4.78, 5) is 15.0. The van der Waals surface area contributed by atoms with Crippen LogP contribution in [0.3, 0.4) is 0 Å². The fraction of sp³-hybridized carbons (Fsp3) is 0.205. The van der Waals surface area contributed by atoms with E-state index >= 15 is 0 Å². The molecule has 2 heterocycles. The van der Waals surface area contributed by atoms with E-state index < -0.39 is 5.54 Å². The molecule has 9 nitrogen and oxygen atoms in total. The largest absolute Gasteiger partial charge is 0.462 e. The molecule has 7 aromatic rings. The summed E-state index contributed by atoms with van der Waals surface area (Å²) in [5.41, 5.74) is 6.79. The number of aryl methyl sites for hydroxylation is 1. The van der Waals surface area contributed by atoms with E-state index in [1.165, 1.54) is 0 Å². The van der Waals surface area contributed by atoms with Gasteiger partial charge in [-0.15, -0.1) is 5.10 Å². The van der Waals surface area contributed by atoms with Crippen molar-refractivity contribution < 1.29 is 9.53 Å². The standard InChI is InChI=1S/C44H43N7O2/c1-4-6-30-50(42-40(32-49(3)46-42)43(52)53-5-2)31-33-26-28-34(29-27-33)38-24-16-17-25-39(38)41-45-47-48-51(41)44(35-18-10-7-11-19-35,36-20-12-8-13-21-36)37-22-14-9-15-23-37/h7-29,32H,4-6,30-31H2,1-3H3. The summed E-state index contributed by atoms with van der Waals surface area (Å²) in [5, 5.41) is 18.5. The molecule has 2 aromatic heterocycles. The molecule has 0 amide bonds. The maximum Gasteiger partial charge on any atom is 0.343 e. The number of hydrogen-bond acceptors (Lipinski definition) is 7. The van der Waals surface area contributed by atoms with Crippen molar-refractivity contribution in [1.82, 2.24) is 30.0 Å². The quantitative estimate of drug-likeness (QED) is 0.0829. The second-order valence-electron chi connectivity index (χ2n) is 13.0. The Morgan fingerprint density at radius 1 is 0.736 bits per heavy atom. The van der Waals surface area contributed by atoms with Crippen LogP contribution in [0.4, 0.5) is 5.82 Å². The lowest BCUT2D eigenvalue weighted by Crippen LogP contribution is -2.39. The van der Waals surface area contributed by atoms with Crippen LogP contribution < -0.4 is 4.90 Å². The Hall–Kier alpha value is -6.35. The number of rotatable bonds is 14. The highest BCUT2D eigenvalue weighted by molar-refractivity contribution is 5.94. The maximum atomic E-state index is 12.9. The molecule has 0 atom stereocenters. The number of ether oxygens (including phenoxy) is 1. The highest BCUT2D eigenvalue weighted by Gasteiger charge is 2.42. The van der Waals surface area contributed by atoms with Crippen LogP contribution in [0.15, 0.2) is 146 Å². The zero-order valence-electron chi connectivity index (χ0n) is 30.3. The van der Waals surface area contributed by atoms with Gasteiger partial charge in [-0.25, -0.2) is 9.48 Å². The molecule has 9 heteroatoms. The average Bonchev–Trinajstić information content (AvgIpc) is 3.86. The second kappa shape index (κ2) is 15.9. The van der Waals surface area contributed by atoms with Gasteiger partial charge in [0.2, 0.25) is 0 Å². The zero-order chi connectivity index (χ0) is 36.6. The normalized spacial score (nSPS) is 11.4. The molecular formula is C44H43N7O2. The van der Waals surface area contributed by atoms with Crippen LogP contribution in [0.5, 0.6) is 0 Å². The molecule has 0 aliphatic heterocycles. The first-order valence-electron chi connectivity index (χ1n) is 18.1. The molecule has 0 radical (unpaired) electrons. The number of benzene rings is 5. The lowest BCUT2D eigenvalue weighted by molar-refractivity contribution is 0.0527.